The minimum absolute atomic E-state index is 0.346. The number of ether oxygens (including phenoxy) is 1. The van der Waals surface area contributed by atoms with Crippen molar-refractivity contribution in [3.63, 3.8) is 0 Å². The summed E-state index contributed by atoms with van der Waals surface area (Å²) in [6.07, 6.45) is 0. The minimum atomic E-state index is -0.430. The lowest BCUT2D eigenvalue weighted by Gasteiger charge is -2.27. The minimum Gasteiger partial charge on any atom is -0.423 e. The molecule has 2 aromatic carbocycles. The van der Waals surface area contributed by atoms with Gasteiger partial charge >= 0.3 is 5.63 Å². The maximum Gasteiger partial charge on any atom is 0.336 e. The van der Waals surface area contributed by atoms with Crippen LogP contribution in [0.4, 0.5) is 10.3 Å². The Hall–Kier alpha value is -2.88. The molecule has 4 aromatic rings. The molecule has 170 valence electrons. The highest BCUT2D eigenvalue weighted by Crippen LogP contribution is 2.32. The van der Waals surface area contributed by atoms with Crippen molar-refractivity contribution in [2.24, 2.45) is 0 Å². The first kappa shape index (κ1) is 21.9. The topological polar surface area (TPSA) is 73.4 Å². The van der Waals surface area contributed by atoms with Gasteiger partial charge in [-0.05, 0) is 48.4 Å². The molecule has 0 aliphatic carbocycles. The van der Waals surface area contributed by atoms with Gasteiger partial charge in [-0.1, -0.05) is 29.4 Å². The van der Waals surface area contributed by atoms with Crippen molar-refractivity contribution >= 4 is 40.3 Å². The van der Waals surface area contributed by atoms with Gasteiger partial charge in [0.2, 0.25) is 5.95 Å². The predicted octanol–water partition coefficient (Wildman–Crippen LogP) is 4.60. The molecule has 5 rings (SSSR count). The van der Waals surface area contributed by atoms with Crippen LogP contribution in [0.1, 0.15) is 11.1 Å². The molecule has 1 saturated heterocycles. The summed E-state index contributed by atoms with van der Waals surface area (Å²) in [5.74, 6) is 0.710. The number of hydrogen-bond donors (Lipinski definition) is 0. The Morgan fingerprint density at radius 3 is 2.76 bits per heavy atom. The second-order valence-electron chi connectivity index (χ2n) is 7.67. The molecule has 1 aliphatic rings. The number of nitrogens with zero attached hydrogens (tertiary/aromatic N) is 4. The number of halogens is 2. The SMILES string of the molecule is Cc1cc2oc(=O)cc(CSc3nnc(N4CCOCC4)n3-c3cccc(F)c3)c2cc1Cl. The summed E-state index contributed by atoms with van der Waals surface area (Å²) in [6, 6.07) is 11.4. The van der Waals surface area contributed by atoms with Crippen LogP contribution in [0.25, 0.3) is 16.7 Å². The maximum atomic E-state index is 14.1. The smallest absolute Gasteiger partial charge is 0.336 e. The van der Waals surface area contributed by atoms with E-state index in [1.807, 2.05) is 23.6 Å². The number of rotatable bonds is 5. The first-order chi connectivity index (χ1) is 16.0. The summed E-state index contributed by atoms with van der Waals surface area (Å²) in [6.45, 7) is 4.37. The summed E-state index contributed by atoms with van der Waals surface area (Å²) >= 11 is 7.73. The second kappa shape index (κ2) is 9.17. The van der Waals surface area contributed by atoms with Gasteiger partial charge in [-0.2, -0.15) is 0 Å². The molecule has 0 radical (unpaired) electrons. The summed E-state index contributed by atoms with van der Waals surface area (Å²) in [5, 5.41) is 10.7. The molecule has 0 spiro atoms. The zero-order chi connectivity index (χ0) is 22.9. The van der Waals surface area contributed by atoms with Gasteiger partial charge in [0.15, 0.2) is 5.16 Å². The molecule has 0 unspecified atom stereocenters. The molecule has 0 atom stereocenters. The van der Waals surface area contributed by atoms with Crippen molar-refractivity contribution in [1.82, 2.24) is 14.8 Å². The molecule has 0 saturated carbocycles. The van der Waals surface area contributed by atoms with Crippen LogP contribution in [0.15, 0.2) is 56.8 Å². The molecular formula is C23H20ClFN4O3S. The van der Waals surface area contributed by atoms with Crippen LogP contribution in [0, 0.1) is 12.7 Å². The van der Waals surface area contributed by atoms with E-state index in [9.17, 15) is 9.18 Å². The first-order valence-corrected chi connectivity index (χ1v) is 11.8. The van der Waals surface area contributed by atoms with Gasteiger partial charge in [0.05, 0.1) is 18.9 Å². The van der Waals surface area contributed by atoms with Crippen LogP contribution >= 0.6 is 23.4 Å². The number of fused-ring (bicyclic) bond motifs is 1. The molecule has 3 heterocycles. The van der Waals surface area contributed by atoms with E-state index in [-0.39, 0.29) is 5.82 Å². The standard InChI is InChI=1S/C23H20ClFN4O3S/c1-14-9-20-18(12-19(14)24)15(10-21(30)32-20)13-33-23-27-26-22(28-5-7-31-8-6-28)29(23)17-4-2-3-16(25)11-17/h2-4,9-12H,5-8,13H2,1H3. The van der Waals surface area contributed by atoms with E-state index in [0.29, 0.717) is 59.5 Å². The van der Waals surface area contributed by atoms with Crippen LogP contribution in [0.3, 0.4) is 0 Å². The number of benzene rings is 2. The highest BCUT2D eigenvalue weighted by atomic mass is 35.5. The molecule has 10 heteroatoms. The van der Waals surface area contributed by atoms with Gasteiger partial charge in [-0.15, -0.1) is 10.2 Å². The summed E-state index contributed by atoms with van der Waals surface area (Å²) < 4.78 is 26.7. The number of hydrogen-bond acceptors (Lipinski definition) is 7. The lowest BCUT2D eigenvalue weighted by Crippen LogP contribution is -2.37. The van der Waals surface area contributed by atoms with Gasteiger partial charge in [0.25, 0.3) is 0 Å². The number of morpholine rings is 1. The molecular weight excluding hydrogens is 467 g/mol. The largest absolute Gasteiger partial charge is 0.423 e. The Morgan fingerprint density at radius 2 is 1.97 bits per heavy atom. The average Bonchev–Trinajstić information content (AvgIpc) is 3.23. The first-order valence-electron chi connectivity index (χ1n) is 10.4. The van der Waals surface area contributed by atoms with E-state index >= 15 is 0 Å². The molecule has 2 aromatic heterocycles. The van der Waals surface area contributed by atoms with Gasteiger partial charge in [0, 0.05) is 35.3 Å². The van der Waals surface area contributed by atoms with Crippen LogP contribution < -0.4 is 10.5 Å². The van der Waals surface area contributed by atoms with E-state index in [4.69, 9.17) is 20.8 Å². The molecule has 0 amide bonds. The van der Waals surface area contributed by atoms with Crippen molar-refractivity contribution in [3.05, 3.63) is 74.9 Å². The number of anilines is 1. The van der Waals surface area contributed by atoms with E-state index in [1.54, 1.807) is 12.1 Å². The van der Waals surface area contributed by atoms with Crippen molar-refractivity contribution in [1.29, 1.82) is 0 Å². The zero-order valence-corrected chi connectivity index (χ0v) is 19.3. The van der Waals surface area contributed by atoms with Crippen molar-refractivity contribution in [2.45, 2.75) is 17.8 Å². The Kier molecular flexibility index (Phi) is 6.09. The Balaban J connectivity index is 1.53. The third-order valence-electron chi connectivity index (χ3n) is 5.44. The fourth-order valence-corrected chi connectivity index (χ4v) is 4.88. The number of aryl methyl sites for hydroxylation is 1. The normalized spacial score (nSPS) is 14.2. The van der Waals surface area contributed by atoms with Crippen molar-refractivity contribution in [3.8, 4) is 5.69 Å². The van der Waals surface area contributed by atoms with E-state index in [2.05, 4.69) is 15.1 Å². The molecule has 0 N–H and O–H groups in total. The van der Waals surface area contributed by atoms with E-state index in [1.165, 1.54) is 30.0 Å². The highest BCUT2D eigenvalue weighted by molar-refractivity contribution is 7.98. The number of aromatic nitrogens is 3. The van der Waals surface area contributed by atoms with Gasteiger partial charge in [-0.3, -0.25) is 4.57 Å². The third-order valence-corrected chi connectivity index (χ3v) is 6.83. The van der Waals surface area contributed by atoms with Crippen molar-refractivity contribution < 1.29 is 13.5 Å². The Bertz CT molecular complexity index is 1380. The molecule has 1 aliphatic heterocycles. The van der Waals surface area contributed by atoms with Crippen molar-refractivity contribution in [2.75, 3.05) is 31.2 Å². The van der Waals surface area contributed by atoms with Gasteiger partial charge in [0.1, 0.15) is 11.4 Å². The lowest BCUT2D eigenvalue weighted by atomic mass is 10.1. The van der Waals surface area contributed by atoms with Crippen LogP contribution in [-0.2, 0) is 10.5 Å². The van der Waals surface area contributed by atoms with E-state index in [0.717, 1.165) is 16.5 Å². The maximum absolute atomic E-state index is 14.1. The zero-order valence-electron chi connectivity index (χ0n) is 17.8. The fourth-order valence-electron chi connectivity index (χ4n) is 3.78. The highest BCUT2D eigenvalue weighted by Gasteiger charge is 2.22. The molecule has 7 nitrogen and oxygen atoms in total. The average molecular weight is 487 g/mol. The fraction of sp³-hybridized carbons (Fsp3) is 0.261. The summed E-state index contributed by atoms with van der Waals surface area (Å²) in [4.78, 5) is 14.2. The Morgan fingerprint density at radius 1 is 1.15 bits per heavy atom. The second-order valence-corrected chi connectivity index (χ2v) is 9.02. The molecule has 33 heavy (non-hydrogen) atoms. The summed E-state index contributed by atoms with van der Waals surface area (Å²) in [7, 11) is 0. The van der Waals surface area contributed by atoms with Gasteiger partial charge in [-0.25, -0.2) is 9.18 Å². The van der Waals surface area contributed by atoms with Crippen LogP contribution in [-0.4, -0.2) is 41.1 Å². The molecule has 0 bridgehead atoms. The van der Waals surface area contributed by atoms with Gasteiger partial charge < -0.3 is 14.1 Å². The quantitative estimate of drug-likeness (QED) is 0.301. The van der Waals surface area contributed by atoms with E-state index < -0.39 is 5.63 Å². The summed E-state index contributed by atoms with van der Waals surface area (Å²) in [5.41, 5.74) is 2.29. The Labute approximate surface area is 198 Å². The third kappa shape index (κ3) is 4.48. The predicted molar refractivity (Wildman–Crippen MR) is 126 cm³/mol. The monoisotopic (exact) mass is 486 g/mol. The number of thioether (sulfide) groups is 1. The van der Waals surface area contributed by atoms with Crippen LogP contribution in [0.2, 0.25) is 5.02 Å². The van der Waals surface area contributed by atoms with Crippen LogP contribution in [0.5, 0.6) is 0 Å². The molecule has 1 fully saturated rings. The lowest BCUT2D eigenvalue weighted by molar-refractivity contribution is 0.122.